The molecular formula is C12H10BrCl2NS. The average molecular weight is 351 g/mol. The van der Waals surface area contributed by atoms with E-state index in [0.29, 0.717) is 10.0 Å². The van der Waals surface area contributed by atoms with E-state index >= 15 is 0 Å². The predicted molar refractivity (Wildman–Crippen MR) is 79.2 cm³/mol. The van der Waals surface area contributed by atoms with Gasteiger partial charge in [0.2, 0.25) is 0 Å². The molecule has 1 atom stereocenters. The van der Waals surface area contributed by atoms with Crippen molar-refractivity contribution in [2.75, 3.05) is 0 Å². The zero-order valence-corrected chi connectivity index (χ0v) is 12.9. The van der Waals surface area contributed by atoms with Crippen LogP contribution in [0.3, 0.4) is 0 Å². The number of halogens is 3. The first-order chi connectivity index (χ1) is 7.99. The van der Waals surface area contributed by atoms with E-state index in [1.807, 2.05) is 18.2 Å². The molecule has 90 valence electrons. The number of benzene rings is 1. The minimum absolute atomic E-state index is 0.174. The Morgan fingerprint density at radius 3 is 2.47 bits per heavy atom. The van der Waals surface area contributed by atoms with E-state index in [-0.39, 0.29) is 6.04 Å². The fraction of sp³-hybridized carbons (Fsp3) is 0.167. The molecule has 0 amide bonds. The van der Waals surface area contributed by atoms with Gasteiger partial charge >= 0.3 is 0 Å². The summed E-state index contributed by atoms with van der Waals surface area (Å²) in [6, 6.07) is 7.37. The van der Waals surface area contributed by atoms with Crippen molar-refractivity contribution in [2.24, 2.45) is 5.73 Å². The van der Waals surface area contributed by atoms with E-state index in [1.165, 1.54) is 4.88 Å². The van der Waals surface area contributed by atoms with Crippen LogP contribution in [0, 0.1) is 6.92 Å². The maximum Gasteiger partial charge on any atom is 0.0704 e. The van der Waals surface area contributed by atoms with Crippen LogP contribution in [0.15, 0.2) is 28.1 Å². The van der Waals surface area contributed by atoms with Gasteiger partial charge in [-0.05, 0) is 52.2 Å². The largest absolute Gasteiger partial charge is 0.320 e. The van der Waals surface area contributed by atoms with E-state index in [4.69, 9.17) is 28.9 Å². The molecule has 5 heteroatoms. The van der Waals surface area contributed by atoms with E-state index in [2.05, 4.69) is 22.9 Å². The first-order valence-electron chi connectivity index (χ1n) is 4.95. The molecule has 0 aliphatic heterocycles. The van der Waals surface area contributed by atoms with E-state index in [1.54, 1.807) is 17.4 Å². The fourth-order valence-electron chi connectivity index (χ4n) is 1.65. The van der Waals surface area contributed by atoms with E-state index in [9.17, 15) is 0 Å². The molecule has 0 radical (unpaired) electrons. The molecule has 1 aromatic heterocycles. The molecule has 0 aliphatic carbocycles. The zero-order chi connectivity index (χ0) is 12.6. The van der Waals surface area contributed by atoms with Gasteiger partial charge in [-0.1, -0.05) is 29.3 Å². The number of thiophene rings is 1. The number of nitrogens with two attached hydrogens (primary N) is 1. The highest BCUT2D eigenvalue weighted by molar-refractivity contribution is 9.11. The highest BCUT2D eigenvalue weighted by Crippen LogP contribution is 2.34. The highest BCUT2D eigenvalue weighted by atomic mass is 79.9. The third-order valence-corrected chi connectivity index (χ3v) is 4.87. The Balaban J connectivity index is 2.40. The van der Waals surface area contributed by atoms with Crippen LogP contribution in [0.25, 0.3) is 0 Å². The summed E-state index contributed by atoms with van der Waals surface area (Å²) in [5, 5.41) is 1.08. The first kappa shape index (κ1) is 13.4. The summed E-state index contributed by atoms with van der Waals surface area (Å²) in [7, 11) is 0. The minimum atomic E-state index is -0.174. The Bertz CT molecular complexity index is 553. The maximum atomic E-state index is 6.23. The van der Waals surface area contributed by atoms with Crippen LogP contribution in [-0.2, 0) is 0 Å². The number of hydrogen-bond acceptors (Lipinski definition) is 2. The summed E-state index contributed by atoms with van der Waals surface area (Å²) < 4.78 is 1.08. The molecule has 0 saturated heterocycles. The lowest BCUT2D eigenvalue weighted by molar-refractivity contribution is 0.869. The zero-order valence-electron chi connectivity index (χ0n) is 9.01. The van der Waals surface area contributed by atoms with Gasteiger partial charge in [0.05, 0.1) is 19.9 Å². The molecule has 1 unspecified atom stereocenters. The van der Waals surface area contributed by atoms with Crippen molar-refractivity contribution in [2.45, 2.75) is 13.0 Å². The molecule has 1 nitrogen and oxygen atoms in total. The van der Waals surface area contributed by atoms with Crippen molar-refractivity contribution in [1.29, 1.82) is 0 Å². The normalized spacial score (nSPS) is 12.8. The summed E-state index contributed by atoms with van der Waals surface area (Å²) in [4.78, 5) is 1.20. The summed E-state index contributed by atoms with van der Waals surface area (Å²) in [5.41, 5.74) is 8.31. The van der Waals surface area contributed by atoms with Gasteiger partial charge in [0.25, 0.3) is 0 Å². The topological polar surface area (TPSA) is 26.0 Å². The molecule has 0 aliphatic rings. The first-order valence-corrected chi connectivity index (χ1v) is 7.32. The summed E-state index contributed by atoms with van der Waals surface area (Å²) >= 11 is 17.0. The molecule has 0 bridgehead atoms. The third kappa shape index (κ3) is 2.85. The van der Waals surface area contributed by atoms with E-state index < -0.39 is 0 Å². The Labute approximate surface area is 123 Å². The Morgan fingerprint density at radius 1 is 1.24 bits per heavy atom. The van der Waals surface area contributed by atoms with Crippen molar-refractivity contribution < 1.29 is 0 Å². The average Bonchev–Trinajstić information content (AvgIpc) is 2.61. The van der Waals surface area contributed by atoms with Crippen LogP contribution in [0.1, 0.15) is 22.0 Å². The van der Waals surface area contributed by atoms with Gasteiger partial charge in [0.1, 0.15) is 0 Å². The molecule has 0 saturated carbocycles. The van der Waals surface area contributed by atoms with Gasteiger partial charge in [-0.3, -0.25) is 0 Å². The lowest BCUT2D eigenvalue weighted by Gasteiger charge is -2.12. The van der Waals surface area contributed by atoms with Crippen LogP contribution in [0.5, 0.6) is 0 Å². The molecule has 0 spiro atoms. The molecule has 1 aromatic carbocycles. The Hall–Kier alpha value is -0.0600. The maximum absolute atomic E-state index is 6.23. The lowest BCUT2D eigenvalue weighted by Crippen LogP contribution is -2.11. The van der Waals surface area contributed by atoms with Crippen LogP contribution in [0.4, 0.5) is 0 Å². The van der Waals surface area contributed by atoms with Crippen molar-refractivity contribution in [3.05, 3.63) is 54.1 Å². The Kier molecular flexibility index (Phi) is 4.16. The summed E-state index contributed by atoms with van der Waals surface area (Å²) in [5.74, 6) is 0. The van der Waals surface area contributed by atoms with Gasteiger partial charge in [-0.25, -0.2) is 0 Å². The monoisotopic (exact) mass is 349 g/mol. The fourth-order valence-corrected chi connectivity index (χ4v) is 3.72. The predicted octanol–water partition coefficient (Wildman–Crippen LogP) is 5.17. The smallest absolute Gasteiger partial charge is 0.0704 e. The van der Waals surface area contributed by atoms with Crippen LogP contribution >= 0.6 is 50.5 Å². The molecular weight excluding hydrogens is 341 g/mol. The molecule has 2 N–H and O–H groups in total. The van der Waals surface area contributed by atoms with Crippen molar-refractivity contribution in [3.63, 3.8) is 0 Å². The second-order valence-electron chi connectivity index (χ2n) is 3.71. The standard InChI is InChI=1S/C12H10BrCl2NS/c1-6-8(5-11(13)17-6)12(16)7-2-3-9(14)10(15)4-7/h2-5,12H,16H2,1H3. The quantitative estimate of drug-likeness (QED) is 0.793. The molecule has 17 heavy (non-hydrogen) atoms. The third-order valence-electron chi connectivity index (χ3n) is 2.56. The van der Waals surface area contributed by atoms with Crippen molar-refractivity contribution in [1.82, 2.24) is 0 Å². The van der Waals surface area contributed by atoms with Gasteiger partial charge in [-0.15, -0.1) is 11.3 Å². The highest BCUT2D eigenvalue weighted by Gasteiger charge is 2.15. The molecule has 2 rings (SSSR count). The summed E-state index contributed by atoms with van der Waals surface area (Å²) in [6.45, 7) is 2.06. The van der Waals surface area contributed by atoms with Crippen molar-refractivity contribution >= 4 is 50.5 Å². The van der Waals surface area contributed by atoms with Crippen LogP contribution < -0.4 is 5.73 Å². The molecule has 2 aromatic rings. The second-order valence-corrected chi connectivity index (χ2v) is 7.16. The lowest BCUT2D eigenvalue weighted by atomic mass is 10.0. The second kappa shape index (κ2) is 5.29. The SMILES string of the molecule is Cc1sc(Br)cc1C(N)c1ccc(Cl)c(Cl)c1. The summed E-state index contributed by atoms with van der Waals surface area (Å²) in [6.07, 6.45) is 0. The Morgan fingerprint density at radius 2 is 1.94 bits per heavy atom. The number of aryl methyl sites for hydroxylation is 1. The van der Waals surface area contributed by atoms with Crippen LogP contribution in [-0.4, -0.2) is 0 Å². The van der Waals surface area contributed by atoms with Crippen LogP contribution in [0.2, 0.25) is 10.0 Å². The van der Waals surface area contributed by atoms with Crippen molar-refractivity contribution in [3.8, 4) is 0 Å². The van der Waals surface area contributed by atoms with Gasteiger partial charge in [0.15, 0.2) is 0 Å². The molecule has 1 heterocycles. The minimum Gasteiger partial charge on any atom is -0.320 e. The number of hydrogen-bond donors (Lipinski definition) is 1. The van der Waals surface area contributed by atoms with E-state index in [0.717, 1.165) is 14.9 Å². The van der Waals surface area contributed by atoms with Gasteiger partial charge in [-0.2, -0.15) is 0 Å². The molecule has 0 fully saturated rings. The van der Waals surface area contributed by atoms with Gasteiger partial charge < -0.3 is 5.73 Å². The number of rotatable bonds is 2. The van der Waals surface area contributed by atoms with Gasteiger partial charge in [0, 0.05) is 4.88 Å².